The first-order valence-electron chi connectivity index (χ1n) is 17.0. The normalized spacial score (nSPS) is 12.1. The summed E-state index contributed by atoms with van der Waals surface area (Å²) in [6.07, 6.45) is 0. The first-order chi connectivity index (χ1) is 24.3. The Morgan fingerprint density at radius 3 is 1.43 bits per heavy atom. The molecule has 0 aliphatic heterocycles. The van der Waals surface area contributed by atoms with Gasteiger partial charge < -0.3 is 4.98 Å². The van der Waals surface area contributed by atoms with E-state index >= 15 is 0 Å². The quantitative estimate of drug-likeness (QED) is 0.146. The van der Waals surface area contributed by atoms with E-state index in [1.54, 1.807) is 0 Å². The molecule has 1 aromatic heterocycles. The highest BCUT2D eigenvalue weighted by atomic mass is 14.7. The van der Waals surface area contributed by atoms with Crippen LogP contribution in [-0.2, 0) is 0 Å². The molecule has 0 saturated heterocycles. The number of H-pyrrole nitrogens is 1. The van der Waals surface area contributed by atoms with Gasteiger partial charge in [0.25, 0.3) is 0 Å². The first kappa shape index (κ1) is 26.6. The van der Waals surface area contributed by atoms with Crippen molar-refractivity contribution < 1.29 is 0 Å². The molecule has 0 aliphatic carbocycles. The summed E-state index contributed by atoms with van der Waals surface area (Å²) in [6.45, 7) is 0. The molecule has 1 heterocycles. The molecule has 0 fully saturated rings. The monoisotopic (exact) mass is 619 g/mol. The third kappa shape index (κ3) is 3.70. The van der Waals surface area contributed by atoms with Crippen LogP contribution in [0.3, 0.4) is 0 Å². The van der Waals surface area contributed by atoms with E-state index in [1.807, 2.05) is 0 Å². The zero-order chi connectivity index (χ0) is 32.1. The predicted octanol–water partition coefficient (Wildman–Crippen LogP) is 13.6. The van der Waals surface area contributed by atoms with Crippen molar-refractivity contribution in [1.82, 2.24) is 4.98 Å². The molecule has 0 unspecified atom stereocenters. The molecule has 49 heavy (non-hydrogen) atoms. The highest BCUT2D eigenvalue weighted by Crippen LogP contribution is 2.47. The van der Waals surface area contributed by atoms with Gasteiger partial charge in [0.05, 0.1) is 5.52 Å². The lowest BCUT2D eigenvalue weighted by atomic mass is 9.83. The number of benzene rings is 10. The van der Waals surface area contributed by atoms with Crippen molar-refractivity contribution in [1.29, 1.82) is 0 Å². The maximum absolute atomic E-state index is 3.89. The molecule has 226 valence electrons. The van der Waals surface area contributed by atoms with Crippen LogP contribution >= 0.6 is 0 Å². The molecule has 0 aliphatic rings. The third-order valence-electron chi connectivity index (χ3n) is 10.7. The molecular formula is C48H29N. The molecule has 0 saturated carbocycles. The molecule has 0 spiro atoms. The van der Waals surface area contributed by atoms with E-state index in [2.05, 4.69) is 175 Å². The second-order valence-electron chi connectivity index (χ2n) is 13.3. The third-order valence-corrected chi connectivity index (χ3v) is 10.7. The van der Waals surface area contributed by atoms with Gasteiger partial charge in [-0.1, -0.05) is 158 Å². The number of hydrogen-bond donors (Lipinski definition) is 1. The first-order valence-corrected chi connectivity index (χ1v) is 17.0. The summed E-state index contributed by atoms with van der Waals surface area (Å²) in [7, 11) is 0. The Hall–Kier alpha value is -6.44. The average molecular weight is 620 g/mol. The minimum absolute atomic E-state index is 1.16. The van der Waals surface area contributed by atoms with Crippen LogP contribution in [0.2, 0.25) is 0 Å². The number of nitrogens with one attached hydrogen (secondary N) is 1. The van der Waals surface area contributed by atoms with E-state index in [1.165, 1.54) is 103 Å². The Morgan fingerprint density at radius 1 is 0.306 bits per heavy atom. The Kier molecular flexibility index (Phi) is 5.45. The largest absolute Gasteiger partial charge is 0.354 e. The SMILES string of the molecule is c1ccc2c(c1)cc(-c1c3ccccc3c(-c3ccc4c(c3)[nH]c3c5ccccc5c5ccccc5c43)c3ccccc13)c1ccccc12. The summed E-state index contributed by atoms with van der Waals surface area (Å²) in [4.78, 5) is 3.89. The highest BCUT2D eigenvalue weighted by Gasteiger charge is 2.20. The van der Waals surface area contributed by atoms with Crippen LogP contribution in [0.25, 0.3) is 109 Å². The zero-order valence-corrected chi connectivity index (χ0v) is 26.7. The van der Waals surface area contributed by atoms with E-state index in [9.17, 15) is 0 Å². The number of hydrogen-bond acceptors (Lipinski definition) is 0. The van der Waals surface area contributed by atoms with Crippen LogP contribution in [0.15, 0.2) is 170 Å². The standard InChI is InChI=1S/C48H29N/c1-2-14-31-29(13-1)27-43(35-18-4-3-15-32(31)35)46-39-22-10-8-20-37(39)45(38-21-9-11-23-40(38)46)30-25-26-42-44(28-30)49-48-41-24-12-6-17-34(41)33-16-5-7-19-36(33)47(42)48/h1-28,49H. The lowest BCUT2D eigenvalue weighted by Gasteiger charge is -2.19. The van der Waals surface area contributed by atoms with Crippen molar-refractivity contribution in [2.45, 2.75) is 0 Å². The number of fused-ring (bicyclic) bond motifs is 13. The van der Waals surface area contributed by atoms with Crippen LogP contribution in [0.4, 0.5) is 0 Å². The zero-order valence-electron chi connectivity index (χ0n) is 26.7. The number of rotatable bonds is 2. The predicted molar refractivity (Wildman–Crippen MR) is 212 cm³/mol. The van der Waals surface area contributed by atoms with E-state index in [4.69, 9.17) is 0 Å². The van der Waals surface area contributed by atoms with Gasteiger partial charge in [-0.3, -0.25) is 0 Å². The van der Waals surface area contributed by atoms with Crippen molar-refractivity contribution in [3.8, 4) is 22.3 Å². The van der Waals surface area contributed by atoms with Gasteiger partial charge in [0, 0.05) is 21.7 Å². The van der Waals surface area contributed by atoms with Crippen LogP contribution < -0.4 is 0 Å². The molecule has 0 bridgehead atoms. The summed E-state index contributed by atoms with van der Waals surface area (Å²) in [5.41, 5.74) is 7.42. The van der Waals surface area contributed by atoms with Crippen molar-refractivity contribution >= 4 is 86.4 Å². The van der Waals surface area contributed by atoms with Crippen molar-refractivity contribution in [2.24, 2.45) is 0 Å². The molecule has 11 rings (SSSR count). The van der Waals surface area contributed by atoms with Gasteiger partial charge >= 0.3 is 0 Å². The van der Waals surface area contributed by atoms with Crippen LogP contribution in [0.5, 0.6) is 0 Å². The number of aromatic amines is 1. The molecule has 10 aromatic carbocycles. The van der Waals surface area contributed by atoms with Crippen molar-refractivity contribution in [3.63, 3.8) is 0 Å². The highest BCUT2D eigenvalue weighted by molar-refractivity contribution is 6.32. The van der Waals surface area contributed by atoms with Gasteiger partial charge in [-0.15, -0.1) is 0 Å². The minimum Gasteiger partial charge on any atom is -0.354 e. The molecule has 0 atom stereocenters. The molecule has 0 amide bonds. The fourth-order valence-electron chi connectivity index (χ4n) is 8.70. The molecule has 0 radical (unpaired) electrons. The van der Waals surface area contributed by atoms with Gasteiger partial charge in [0.15, 0.2) is 0 Å². The summed E-state index contributed by atoms with van der Waals surface area (Å²) in [5.74, 6) is 0. The van der Waals surface area contributed by atoms with Gasteiger partial charge in [0.2, 0.25) is 0 Å². The minimum atomic E-state index is 1.16. The van der Waals surface area contributed by atoms with Gasteiger partial charge in [0.1, 0.15) is 0 Å². The van der Waals surface area contributed by atoms with Crippen LogP contribution in [0, 0.1) is 0 Å². The number of aromatic nitrogens is 1. The smallest absolute Gasteiger partial charge is 0.0551 e. The van der Waals surface area contributed by atoms with Gasteiger partial charge in [-0.25, -0.2) is 0 Å². The fourth-order valence-corrected chi connectivity index (χ4v) is 8.70. The average Bonchev–Trinajstić information content (AvgIpc) is 3.56. The van der Waals surface area contributed by atoms with Crippen LogP contribution in [0.1, 0.15) is 0 Å². The molecule has 11 aromatic rings. The fraction of sp³-hybridized carbons (Fsp3) is 0. The Labute approximate surface area is 282 Å². The molecular weight excluding hydrogens is 591 g/mol. The Bertz CT molecular complexity index is 3100. The summed E-state index contributed by atoms with van der Waals surface area (Å²) < 4.78 is 0. The van der Waals surface area contributed by atoms with E-state index in [0.29, 0.717) is 0 Å². The molecule has 1 N–H and O–H groups in total. The maximum Gasteiger partial charge on any atom is 0.0551 e. The summed E-state index contributed by atoms with van der Waals surface area (Å²) in [6, 6.07) is 62.6. The lowest BCUT2D eigenvalue weighted by Crippen LogP contribution is -1.92. The van der Waals surface area contributed by atoms with Crippen LogP contribution in [-0.4, -0.2) is 4.98 Å². The van der Waals surface area contributed by atoms with Gasteiger partial charge in [-0.05, 0) is 93.6 Å². The van der Waals surface area contributed by atoms with E-state index < -0.39 is 0 Å². The van der Waals surface area contributed by atoms with Gasteiger partial charge in [-0.2, -0.15) is 0 Å². The topological polar surface area (TPSA) is 15.8 Å². The molecule has 1 nitrogen and oxygen atoms in total. The van der Waals surface area contributed by atoms with Crippen molar-refractivity contribution in [2.75, 3.05) is 0 Å². The lowest BCUT2D eigenvalue weighted by molar-refractivity contribution is 1.56. The van der Waals surface area contributed by atoms with E-state index in [-0.39, 0.29) is 0 Å². The van der Waals surface area contributed by atoms with Crippen molar-refractivity contribution in [3.05, 3.63) is 170 Å². The second-order valence-corrected chi connectivity index (χ2v) is 13.3. The maximum atomic E-state index is 3.89. The van der Waals surface area contributed by atoms with E-state index in [0.717, 1.165) is 5.52 Å². The summed E-state index contributed by atoms with van der Waals surface area (Å²) in [5, 5.41) is 17.9. The Morgan fingerprint density at radius 2 is 0.776 bits per heavy atom. The second kappa shape index (κ2) is 10.0. The summed E-state index contributed by atoms with van der Waals surface area (Å²) >= 11 is 0. The molecule has 1 heteroatoms. The Balaban J connectivity index is 1.24.